The van der Waals surface area contributed by atoms with E-state index in [9.17, 15) is 14.9 Å². The lowest BCUT2D eigenvalue weighted by molar-refractivity contribution is -0.385. The number of hydrogen-bond donors (Lipinski definition) is 1. The summed E-state index contributed by atoms with van der Waals surface area (Å²) in [5, 5.41) is 18.8. The summed E-state index contributed by atoms with van der Waals surface area (Å²) in [5.41, 5.74) is 4.19. The van der Waals surface area contributed by atoms with E-state index in [0.29, 0.717) is 28.4 Å². The molecular weight excluding hydrogens is 406 g/mol. The van der Waals surface area contributed by atoms with Crippen LogP contribution in [0.5, 0.6) is 17.2 Å². The second-order valence-electron chi connectivity index (χ2n) is 6.49. The quantitative estimate of drug-likeness (QED) is 0.351. The van der Waals surface area contributed by atoms with Crippen LogP contribution in [0.15, 0.2) is 53.9 Å². The Balaban J connectivity index is 1.45. The smallest absolute Gasteiger partial charge is 0.307 e. The van der Waals surface area contributed by atoms with Crippen LogP contribution in [0.3, 0.4) is 0 Å². The van der Waals surface area contributed by atoms with Gasteiger partial charge in [-0.05, 0) is 42.0 Å². The summed E-state index contributed by atoms with van der Waals surface area (Å²) in [6.07, 6.45) is 4.01. The maximum absolute atomic E-state index is 12.3. The largest absolute Gasteiger partial charge is 0.496 e. The zero-order valence-electron chi connectivity index (χ0n) is 16.3. The van der Waals surface area contributed by atoms with Crippen molar-refractivity contribution in [2.45, 2.75) is 6.54 Å². The van der Waals surface area contributed by atoms with Crippen LogP contribution in [-0.4, -0.2) is 40.7 Å². The van der Waals surface area contributed by atoms with Gasteiger partial charge in [-0.2, -0.15) is 10.2 Å². The van der Waals surface area contributed by atoms with Gasteiger partial charge in [-0.15, -0.1) is 0 Å². The molecule has 0 spiro atoms. The molecule has 0 fully saturated rings. The maximum atomic E-state index is 12.3. The number of carbonyl (C=O) groups is 1. The Morgan fingerprint density at radius 3 is 2.94 bits per heavy atom. The van der Waals surface area contributed by atoms with Crippen molar-refractivity contribution < 1.29 is 23.9 Å². The van der Waals surface area contributed by atoms with E-state index >= 15 is 0 Å². The lowest BCUT2D eigenvalue weighted by atomic mass is 10.1. The van der Waals surface area contributed by atoms with E-state index in [0.717, 1.165) is 5.56 Å². The Morgan fingerprint density at radius 1 is 1.32 bits per heavy atom. The van der Waals surface area contributed by atoms with Gasteiger partial charge in [-0.3, -0.25) is 19.6 Å². The molecule has 1 aromatic heterocycles. The van der Waals surface area contributed by atoms with Gasteiger partial charge in [-0.25, -0.2) is 5.43 Å². The van der Waals surface area contributed by atoms with Crippen LogP contribution in [-0.2, 0) is 6.54 Å². The molecule has 0 saturated carbocycles. The highest BCUT2D eigenvalue weighted by Gasteiger charge is 2.16. The summed E-state index contributed by atoms with van der Waals surface area (Å²) in [6.45, 7) is 0.395. The normalized spacial score (nSPS) is 12.2. The van der Waals surface area contributed by atoms with Gasteiger partial charge in [0.1, 0.15) is 18.1 Å². The van der Waals surface area contributed by atoms with Gasteiger partial charge in [0.15, 0.2) is 11.5 Å². The lowest BCUT2D eigenvalue weighted by Crippen LogP contribution is -2.17. The molecule has 0 saturated heterocycles. The summed E-state index contributed by atoms with van der Waals surface area (Å²) in [7, 11) is 1.53. The minimum absolute atomic E-state index is 0.0945. The zero-order chi connectivity index (χ0) is 21.8. The molecule has 0 atom stereocenters. The van der Waals surface area contributed by atoms with E-state index in [1.807, 2.05) is 0 Å². The van der Waals surface area contributed by atoms with Crippen LogP contribution in [0, 0.1) is 10.1 Å². The van der Waals surface area contributed by atoms with Gasteiger partial charge in [-0.1, -0.05) is 0 Å². The maximum Gasteiger partial charge on any atom is 0.307 e. The summed E-state index contributed by atoms with van der Waals surface area (Å²) in [6, 6.07) is 10.2. The number of ether oxygens (including phenoxy) is 3. The molecule has 31 heavy (non-hydrogen) atoms. The van der Waals surface area contributed by atoms with Crippen molar-refractivity contribution in [3.05, 3.63) is 75.6 Å². The van der Waals surface area contributed by atoms with Crippen molar-refractivity contribution >= 4 is 17.8 Å². The van der Waals surface area contributed by atoms with Gasteiger partial charge in [0.05, 0.1) is 24.8 Å². The number of fused-ring (bicyclic) bond motifs is 1. The standard InChI is InChI=1S/C20H17N5O6/c1-29-17-4-2-13(6-15(17)10-24-11-16(9-22-24)25(27)28)8-21-23-20(26)14-3-5-18-19(7-14)31-12-30-18/h2-9,11H,10,12H2,1H3,(H,23,26)/b21-8+. The van der Waals surface area contributed by atoms with Crippen LogP contribution < -0.4 is 19.6 Å². The Hall–Kier alpha value is -4.41. The molecule has 2 heterocycles. The minimum Gasteiger partial charge on any atom is -0.496 e. The number of hydrogen-bond acceptors (Lipinski definition) is 8. The van der Waals surface area contributed by atoms with Crippen LogP contribution in [0.1, 0.15) is 21.5 Å². The molecule has 0 radical (unpaired) electrons. The first-order valence-corrected chi connectivity index (χ1v) is 9.10. The van der Waals surface area contributed by atoms with Gasteiger partial charge >= 0.3 is 5.69 Å². The molecule has 158 valence electrons. The summed E-state index contributed by atoms with van der Waals surface area (Å²) in [4.78, 5) is 22.6. The number of nitrogens with one attached hydrogen (secondary N) is 1. The molecule has 2 aromatic carbocycles. The third kappa shape index (κ3) is 4.45. The fourth-order valence-electron chi connectivity index (χ4n) is 2.98. The molecule has 11 nitrogen and oxygen atoms in total. The topological polar surface area (TPSA) is 130 Å². The Bertz CT molecular complexity index is 1170. The first kappa shape index (κ1) is 19.9. The molecule has 4 rings (SSSR count). The lowest BCUT2D eigenvalue weighted by Gasteiger charge is -2.09. The Morgan fingerprint density at radius 2 is 2.16 bits per heavy atom. The number of methoxy groups -OCH3 is 1. The zero-order valence-corrected chi connectivity index (χ0v) is 16.3. The number of nitro groups is 1. The van der Waals surface area contributed by atoms with Crippen LogP contribution in [0.4, 0.5) is 5.69 Å². The summed E-state index contributed by atoms with van der Waals surface area (Å²) < 4.78 is 17.3. The average molecular weight is 423 g/mol. The second-order valence-corrected chi connectivity index (χ2v) is 6.49. The number of aromatic nitrogens is 2. The molecule has 1 N–H and O–H groups in total. The van der Waals surface area contributed by atoms with Crippen molar-refractivity contribution in [1.29, 1.82) is 0 Å². The number of hydrazone groups is 1. The van der Waals surface area contributed by atoms with Gasteiger partial charge in [0, 0.05) is 11.1 Å². The number of amides is 1. The SMILES string of the molecule is COc1ccc(/C=N/NC(=O)c2ccc3c(c2)OCO3)cc1Cn1cc([N+](=O)[O-])cn1. The Labute approximate surface area is 176 Å². The van der Waals surface area contributed by atoms with E-state index in [-0.39, 0.29) is 19.0 Å². The van der Waals surface area contributed by atoms with Crippen molar-refractivity contribution in [1.82, 2.24) is 15.2 Å². The number of carbonyl (C=O) groups excluding carboxylic acids is 1. The number of rotatable bonds is 7. The van der Waals surface area contributed by atoms with E-state index < -0.39 is 10.8 Å². The fraction of sp³-hybridized carbons (Fsp3) is 0.150. The molecule has 0 unspecified atom stereocenters. The molecule has 0 bridgehead atoms. The van der Waals surface area contributed by atoms with Crippen molar-refractivity contribution in [3.63, 3.8) is 0 Å². The molecule has 3 aromatic rings. The minimum atomic E-state index is -0.507. The monoisotopic (exact) mass is 423 g/mol. The van der Waals surface area contributed by atoms with E-state index in [1.165, 1.54) is 30.4 Å². The fourth-order valence-corrected chi connectivity index (χ4v) is 2.98. The summed E-state index contributed by atoms with van der Waals surface area (Å²) in [5.74, 6) is 1.30. The van der Waals surface area contributed by atoms with Gasteiger partial charge in [0.2, 0.25) is 6.79 Å². The van der Waals surface area contributed by atoms with Crippen molar-refractivity contribution in [3.8, 4) is 17.2 Å². The van der Waals surface area contributed by atoms with Crippen LogP contribution in [0.2, 0.25) is 0 Å². The Kier molecular flexibility index (Phi) is 5.47. The molecule has 1 aliphatic heterocycles. The van der Waals surface area contributed by atoms with Gasteiger partial charge < -0.3 is 14.2 Å². The van der Waals surface area contributed by atoms with Crippen molar-refractivity contribution in [2.75, 3.05) is 13.9 Å². The number of benzene rings is 2. The molecule has 1 amide bonds. The average Bonchev–Trinajstić information content (AvgIpc) is 3.43. The highest BCUT2D eigenvalue weighted by Crippen LogP contribution is 2.32. The van der Waals surface area contributed by atoms with E-state index in [4.69, 9.17) is 14.2 Å². The third-order valence-corrected chi connectivity index (χ3v) is 4.48. The first-order chi connectivity index (χ1) is 15.0. The molecule has 11 heteroatoms. The van der Waals surface area contributed by atoms with Crippen LogP contribution >= 0.6 is 0 Å². The summed E-state index contributed by atoms with van der Waals surface area (Å²) >= 11 is 0. The molecule has 0 aliphatic carbocycles. The molecular formula is C20H17N5O6. The van der Waals surface area contributed by atoms with Gasteiger partial charge in [0.25, 0.3) is 5.91 Å². The molecule has 1 aliphatic rings. The number of nitrogens with zero attached hydrogens (tertiary/aromatic N) is 4. The van der Waals surface area contributed by atoms with Crippen LogP contribution in [0.25, 0.3) is 0 Å². The third-order valence-electron chi connectivity index (χ3n) is 4.48. The van der Waals surface area contributed by atoms with Crippen molar-refractivity contribution in [2.24, 2.45) is 5.10 Å². The second kappa shape index (κ2) is 8.53. The highest BCUT2D eigenvalue weighted by molar-refractivity contribution is 5.95. The van der Waals surface area contributed by atoms with E-state index in [1.54, 1.807) is 36.4 Å². The highest BCUT2D eigenvalue weighted by atomic mass is 16.7. The first-order valence-electron chi connectivity index (χ1n) is 9.10. The predicted octanol–water partition coefficient (Wildman–Crippen LogP) is 2.34. The predicted molar refractivity (Wildman–Crippen MR) is 109 cm³/mol. The van der Waals surface area contributed by atoms with E-state index in [2.05, 4.69) is 15.6 Å².